The van der Waals surface area contributed by atoms with Gasteiger partial charge in [-0.3, -0.25) is 4.79 Å². The molecule has 0 bridgehead atoms. The highest BCUT2D eigenvalue weighted by molar-refractivity contribution is 5.76. The van der Waals surface area contributed by atoms with Crippen molar-refractivity contribution in [3.8, 4) is 0 Å². The number of amides is 1. The fourth-order valence-electron chi connectivity index (χ4n) is 11.9. The van der Waals surface area contributed by atoms with Gasteiger partial charge >= 0.3 is 0 Å². The molecule has 1 amide bonds. The maximum absolute atomic E-state index is 13.3. The van der Waals surface area contributed by atoms with E-state index in [0.717, 1.165) is 38.5 Å². The Balaban J connectivity index is 1.39. The zero-order valence-electron chi connectivity index (χ0n) is 53.3. The number of rotatable bonds is 53. The average Bonchev–Trinajstić information content (AvgIpc) is 1.58. The lowest BCUT2D eigenvalue weighted by Gasteiger charge is -2.48. The standard InChI is InChI=1S/C67H125NO18/c1-3-5-7-9-11-13-15-16-17-18-19-20-21-22-23-24-25-26-27-28-29-30-31-32-33-35-36-38-40-42-44-51(72)50(68-55(73)45-43-41-39-37-34-14-12-10-8-6-4-2)49-81-65-61(79)58(76)63(53(47-70)83-65)86-67-62(80)59(77)64(54(48-71)84-67)85-66-60(78)57(75)56(74)52(46-69)82-66/h35-36,42,44,50-54,56-67,69-72,74-80H,3-34,37-41,43,45-49H2,1-2H3,(H,68,73)/b36-35+,44-42+. The monoisotopic (exact) mass is 1230 g/mol. The Kier molecular flexibility index (Phi) is 45.6. The number of ether oxygens (including phenoxy) is 6. The average molecular weight is 1230 g/mol. The molecule has 3 fully saturated rings. The van der Waals surface area contributed by atoms with Crippen LogP contribution in [0, 0.1) is 0 Å². The summed E-state index contributed by atoms with van der Waals surface area (Å²) in [6.45, 7) is 1.72. The summed E-state index contributed by atoms with van der Waals surface area (Å²) in [7, 11) is 0. The number of hydrogen-bond acceptors (Lipinski definition) is 18. The Labute approximate surface area is 518 Å². The first-order valence-electron chi connectivity index (χ1n) is 34.6. The van der Waals surface area contributed by atoms with Gasteiger partial charge in [0.05, 0.1) is 38.6 Å². The number of unbranched alkanes of at least 4 members (excludes halogenated alkanes) is 35. The van der Waals surface area contributed by atoms with E-state index in [9.17, 15) is 61.0 Å². The summed E-state index contributed by atoms with van der Waals surface area (Å²) in [4.78, 5) is 13.3. The smallest absolute Gasteiger partial charge is 0.220 e. The molecule has 0 saturated carbocycles. The zero-order valence-corrected chi connectivity index (χ0v) is 53.3. The maximum Gasteiger partial charge on any atom is 0.220 e. The van der Waals surface area contributed by atoms with Crippen molar-refractivity contribution in [2.75, 3.05) is 26.4 Å². The lowest BCUT2D eigenvalue weighted by Crippen LogP contribution is -2.66. The fourth-order valence-corrected chi connectivity index (χ4v) is 11.9. The number of aliphatic hydroxyl groups excluding tert-OH is 11. The third-order valence-electron chi connectivity index (χ3n) is 17.5. The minimum Gasteiger partial charge on any atom is -0.394 e. The number of hydrogen-bond donors (Lipinski definition) is 12. The van der Waals surface area contributed by atoms with Gasteiger partial charge in [-0.2, -0.15) is 0 Å². The Morgan fingerprint density at radius 3 is 1.16 bits per heavy atom. The molecule has 506 valence electrons. The third kappa shape index (κ3) is 32.0. The lowest BCUT2D eigenvalue weighted by atomic mass is 9.96. The van der Waals surface area contributed by atoms with E-state index in [-0.39, 0.29) is 18.9 Å². The molecule has 3 aliphatic heterocycles. The van der Waals surface area contributed by atoms with Gasteiger partial charge in [0, 0.05) is 6.42 Å². The van der Waals surface area contributed by atoms with E-state index < -0.39 is 124 Å². The predicted octanol–water partition coefficient (Wildman–Crippen LogP) is 8.66. The summed E-state index contributed by atoms with van der Waals surface area (Å²) in [5.74, 6) is -0.285. The van der Waals surface area contributed by atoms with Crippen LogP contribution < -0.4 is 5.32 Å². The highest BCUT2D eigenvalue weighted by Gasteiger charge is 2.53. The second-order valence-corrected chi connectivity index (χ2v) is 25.0. The second kappa shape index (κ2) is 49.9. The van der Waals surface area contributed by atoms with Gasteiger partial charge in [0.2, 0.25) is 5.91 Å². The quantitative estimate of drug-likeness (QED) is 0.0200. The molecule has 17 atom stereocenters. The highest BCUT2D eigenvalue weighted by atomic mass is 16.8. The fraction of sp³-hybridized carbons (Fsp3) is 0.925. The molecular weight excluding hydrogens is 1110 g/mol. The molecule has 19 nitrogen and oxygen atoms in total. The van der Waals surface area contributed by atoms with Crippen molar-refractivity contribution in [2.45, 2.75) is 369 Å². The molecule has 3 heterocycles. The Morgan fingerprint density at radius 1 is 0.407 bits per heavy atom. The van der Waals surface area contributed by atoms with Crippen molar-refractivity contribution in [1.82, 2.24) is 5.32 Å². The van der Waals surface area contributed by atoms with E-state index in [1.54, 1.807) is 6.08 Å². The van der Waals surface area contributed by atoms with Gasteiger partial charge in [-0.25, -0.2) is 0 Å². The minimum atomic E-state index is -1.98. The van der Waals surface area contributed by atoms with E-state index in [1.165, 1.54) is 193 Å². The van der Waals surface area contributed by atoms with Crippen molar-refractivity contribution < 1.29 is 89.4 Å². The first kappa shape index (κ1) is 78.5. The molecule has 19 heteroatoms. The van der Waals surface area contributed by atoms with Gasteiger partial charge in [-0.15, -0.1) is 0 Å². The molecule has 3 rings (SSSR count). The van der Waals surface area contributed by atoms with Gasteiger partial charge in [0.25, 0.3) is 0 Å². The van der Waals surface area contributed by atoms with Crippen LogP contribution >= 0.6 is 0 Å². The van der Waals surface area contributed by atoms with E-state index in [0.29, 0.717) is 12.8 Å². The number of carbonyl (C=O) groups excluding carboxylic acids is 1. The number of allylic oxidation sites excluding steroid dienone is 3. The van der Waals surface area contributed by atoms with Crippen molar-refractivity contribution >= 4 is 5.91 Å². The lowest BCUT2D eigenvalue weighted by molar-refractivity contribution is -0.379. The summed E-state index contributed by atoms with van der Waals surface area (Å²) in [5.41, 5.74) is 0. The SMILES string of the molecule is CCCCCCCCCCCCCCCCCCCCCCCCCC/C=C/CC/C=C/C(O)C(COC1OC(CO)C(OC2OC(CO)C(OC3OC(CO)C(O)C(O)C3O)C(O)C2O)C(O)C1O)NC(=O)CCCCCCCCCCCCC. The van der Waals surface area contributed by atoms with Crippen LogP contribution in [0.5, 0.6) is 0 Å². The predicted molar refractivity (Wildman–Crippen MR) is 333 cm³/mol. The summed E-state index contributed by atoms with van der Waals surface area (Å²) in [6.07, 6.45) is 29.1. The van der Waals surface area contributed by atoms with Crippen molar-refractivity contribution in [2.24, 2.45) is 0 Å². The molecular formula is C67H125NO18. The normalized spacial score (nSPS) is 28.9. The summed E-state index contributed by atoms with van der Waals surface area (Å²) in [6, 6.07) is -0.985. The van der Waals surface area contributed by atoms with Crippen LogP contribution in [0.25, 0.3) is 0 Å². The zero-order chi connectivity index (χ0) is 62.6. The molecule has 3 aliphatic rings. The van der Waals surface area contributed by atoms with Gasteiger partial charge in [-0.05, 0) is 32.1 Å². The van der Waals surface area contributed by atoms with Gasteiger partial charge < -0.3 is 89.9 Å². The first-order chi connectivity index (χ1) is 41.8. The topological polar surface area (TPSA) is 307 Å². The molecule has 3 saturated heterocycles. The summed E-state index contributed by atoms with van der Waals surface area (Å²) in [5, 5.41) is 120. The van der Waals surface area contributed by atoms with Crippen LogP contribution in [0.2, 0.25) is 0 Å². The molecule has 12 N–H and O–H groups in total. The molecule has 0 radical (unpaired) electrons. The van der Waals surface area contributed by atoms with Crippen LogP contribution in [-0.4, -0.2) is 193 Å². The van der Waals surface area contributed by atoms with Gasteiger partial charge in [0.15, 0.2) is 18.9 Å². The van der Waals surface area contributed by atoms with Gasteiger partial charge in [-0.1, -0.05) is 250 Å². The highest BCUT2D eigenvalue weighted by Crippen LogP contribution is 2.33. The Hall–Kier alpha value is -1.73. The summed E-state index contributed by atoms with van der Waals surface area (Å²) < 4.78 is 34.3. The second-order valence-electron chi connectivity index (χ2n) is 25.0. The summed E-state index contributed by atoms with van der Waals surface area (Å²) >= 11 is 0. The van der Waals surface area contributed by atoms with Crippen LogP contribution in [0.15, 0.2) is 24.3 Å². The van der Waals surface area contributed by atoms with Crippen molar-refractivity contribution in [1.29, 1.82) is 0 Å². The molecule has 17 unspecified atom stereocenters. The first-order valence-corrected chi connectivity index (χ1v) is 34.6. The molecule has 0 aromatic rings. The molecule has 86 heavy (non-hydrogen) atoms. The van der Waals surface area contributed by atoms with Crippen LogP contribution in [0.3, 0.4) is 0 Å². The van der Waals surface area contributed by atoms with E-state index in [4.69, 9.17) is 28.4 Å². The molecule has 0 aromatic carbocycles. The van der Waals surface area contributed by atoms with E-state index in [2.05, 4.69) is 31.3 Å². The van der Waals surface area contributed by atoms with Crippen molar-refractivity contribution in [3.63, 3.8) is 0 Å². The number of aliphatic hydroxyl groups is 11. The Bertz CT molecular complexity index is 1660. The van der Waals surface area contributed by atoms with E-state index in [1.807, 2.05) is 6.08 Å². The van der Waals surface area contributed by atoms with Crippen molar-refractivity contribution in [3.05, 3.63) is 24.3 Å². The minimum absolute atomic E-state index is 0.239. The molecule has 0 aromatic heterocycles. The van der Waals surface area contributed by atoms with E-state index >= 15 is 0 Å². The van der Waals surface area contributed by atoms with Crippen LogP contribution in [0.1, 0.15) is 264 Å². The van der Waals surface area contributed by atoms with Crippen LogP contribution in [-0.2, 0) is 33.2 Å². The maximum atomic E-state index is 13.3. The Morgan fingerprint density at radius 2 is 0.744 bits per heavy atom. The third-order valence-corrected chi connectivity index (χ3v) is 17.5. The molecule has 0 aliphatic carbocycles. The largest absolute Gasteiger partial charge is 0.394 e. The number of carbonyl (C=O) groups is 1. The number of nitrogens with one attached hydrogen (secondary N) is 1. The van der Waals surface area contributed by atoms with Gasteiger partial charge in [0.1, 0.15) is 73.2 Å². The van der Waals surface area contributed by atoms with Crippen LogP contribution in [0.4, 0.5) is 0 Å². The molecule has 0 spiro atoms.